The van der Waals surface area contributed by atoms with E-state index in [2.05, 4.69) is 17.4 Å². The Morgan fingerprint density at radius 1 is 0.833 bits per heavy atom. The molecule has 0 spiro atoms. The maximum Gasteiger partial charge on any atom is 0.338 e. The van der Waals surface area contributed by atoms with Gasteiger partial charge in [0.1, 0.15) is 0 Å². The van der Waals surface area contributed by atoms with Crippen molar-refractivity contribution in [1.29, 1.82) is 0 Å². The molecule has 36 heavy (non-hydrogen) atoms. The fourth-order valence-corrected chi connectivity index (χ4v) is 5.17. The van der Waals surface area contributed by atoms with Crippen molar-refractivity contribution < 1.29 is 23.9 Å². The lowest BCUT2D eigenvalue weighted by Gasteiger charge is -2.28. The number of amides is 3. The number of imide groups is 1. The quantitative estimate of drug-likeness (QED) is 0.411. The van der Waals surface area contributed by atoms with E-state index in [1.807, 2.05) is 24.3 Å². The molecule has 1 N–H and O–H groups in total. The number of ether oxygens (including phenoxy) is 1. The van der Waals surface area contributed by atoms with Gasteiger partial charge in [-0.2, -0.15) is 0 Å². The molecule has 2 aliphatic rings. The maximum atomic E-state index is 13.3. The molecular formula is C29H26N2O5. The first-order valence-corrected chi connectivity index (χ1v) is 12.1. The van der Waals surface area contributed by atoms with E-state index < -0.39 is 18.5 Å². The van der Waals surface area contributed by atoms with Crippen LogP contribution in [0.15, 0.2) is 84.9 Å². The summed E-state index contributed by atoms with van der Waals surface area (Å²) >= 11 is 0. The Labute approximate surface area is 209 Å². The predicted octanol–water partition coefficient (Wildman–Crippen LogP) is 4.56. The zero-order valence-corrected chi connectivity index (χ0v) is 19.6. The van der Waals surface area contributed by atoms with Crippen molar-refractivity contribution in [1.82, 2.24) is 0 Å². The highest BCUT2D eigenvalue weighted by atomic mass is 16.5. The normalized spacial score (nSPS) is 21.1. The largest absolute Gasteiger partial charge is 0.452 e. The van der Waals surface area contributed by atoms with Crippen molar-refractivity contribution in [2.24, 2.45) is 11.8 Å². The van der Waals surface area contributed by atoms with Gasteiger partial charge in [-0.3, -0.25) is 19.3 Å². The standard InChI is InChI=1S/C29H26N2O5/c32-26(30-22-11-5-2-6-12-22)18-36-29(35)21-10-7-13-23(16-21)31-27(33)24-15-14-20(17-25(24)28(31)34)19-8-3-1-4-9-19/h1-13,16,20,24-25H,14-15,17-18H2,(H,30,32)/t20-,24-,25+/m1/s1. The van der Waals surface area contributed by atoms with Crippen LogP contribution in [-0.4, -0.2) is 30.3 Å². The molecule has 7 nitrogen and oxygen atoms in total. The van der Waals surface area contributed by atoms with Gasteiger partial charge in [-0.25, -0.2) is 4.79 Å². The monoisotopic (exact) mass is 482 g/mol. The van der Waals surface area contributed by atoms with Crippen LogP contribution in [0.1, 0.15) is 41.1 Å². The van der Waals surface area contributed by atoms with Crippen molar-refractivity contribution >= 4 is 35.1 Å². The Morgan fingerprint density at radius 2 is 1.53 bits per heavy atom. The maximum absolute atomic E-state index is 13.3. The molecule has 2 fully saturated rings. The topological polar surface area (TPSA) is 92.8 Å². The Morgan fingerprint density at radius 3 is 2.28 bits per heavy atom. The molecular weight excluding hydrogens is 456 g/mol. The Hall–Kier alpha value is -4.26. The lowest BCUT2D eigenvalue weighted by Crippen LogP contribution is -2.31. The molecule has 0 unspecified atom stereocenters. The second-order valence-corrected chi connectivity index (χ2v) is 9.19. The highest BCUT2D eigenvalue weighted by Crippen LogP contribution is 2.45. The van der Waals surface area contributed by atoms with Crippen molar-refractivity contribution in [3.63, 3.8) is 0 Å². The van der Waals surface area contributed by atoms with E-state index in [0.717, 1.165) is 6.42 Å². The summed E-state index contributed by atoms with van der Waals surface area (Å²) in [7, 11) is 0. The average Bonchev–Trinajstić information content (AvgIpc) is 3.17. The zero-order chi connectivity index (χ0) is 25.1. The highest BCUT2D eigenvalue weighted by Gasteiger charge is 2.50. The van der Waals surface area contributed by atoms with Crippen LogP contribution >= 0.6 is 0 Å². The summed E-state index contributed by atoms with van der Waals surface area (Å²) in [5, 5.41) is 2.65. The third kappa shape index (κ3) is 4.77. The third-order valence-electron chi connectivity index (χ3n) is 6.93. The highest BCUT2D eigenvalue weighted by molar-refractivity contribution is 6.22. The van der Waals surface area contributed by atoms with Gasteiger partial charge in [0.15, 0.2) is 6.61 Å². The summed E-state index contributed by atoms with van der Waals surface area (Å²) in [5.74, 6) is -2.08. The molecule has 3 atom stereocenters. The smallest absolute Gasteiger partial charge is 0.338 e. The van der Waals surface area contributed by atoms with Crippen LogP contribution < -0.4 is 10.2 Å². The van der Waals surface area contributed by atoms with E-state index in [-0.39, 0.29) is 35.1 Å². The van der Waals surface area contributed by atoms with Crippen LogP contribution in [0.2, 0.25) is 0 Å². The molecule has 1 aliphatic carbocycles. The molecule has 182 valence electrons. The van der Waals surface area contributed by atoms with E-state index in [1.54, 1.807) is 36.4 Å². The summed E-state index contributed by atoms with van der Waals surface area (Å²) < 4.78 is 5.15. The van der Waals surface area contributed by atoms with Crippen LogP contribution in [0.4, 0.5) is 11.4 Å². The Balaban J connectivity index is 1.25. The molecule has 0 bridgehead atoms. The summed E-state index contributed by atoms with van der Waals surface area (Å²) in [6, 6.07) is 25.2. The van der Waals surface area contributed by atoms with E-state index in [4.69, 9.17) is 4.74 Å². The number of hydrogen-bond donors (Lipinski definition) is 1. The van der Waals surface area contributed by atoms with E-state index in [9.17, 15) is 19.2 Å². The number of hydrogen-bond acceptors (Lipinski definition) is 5. The molecule has 3 amide bonds. The molecule has 3 aromatic rings. The number of carbonyl (C=O) groups excluding carboxylic acids is 4. The second kappa shape index (κ2) is 10.2. The van der Waals surface area contributed by atoms with Crippen LogP contribution in [0.5, 0.6) is 0 Å². The van der Waals surface area contributed by atoms with Crippen molar-refractivity contribution in [2.75, 3.05) is 16.8 Å². The Bertz CT molecular complexity index is 1290. The molecule has 1 saturated heterocycles. The van der Waals surface area contributed by atoms with Gasteiger partial charge in [0.25, 0.3) is 5.91 Å². The first-order chi connectivity index (χ1) is 17.5. The van der Waals surface area contributed by atoms with Gasteiger partial charge in [-0.1, -0.05) is 54.6 Å². The molecule has 1 aliphatic heterocycles. The second-order valence-electron chi connectivity index (χ2n) is 9.19. The van der Waals surface area contributed by atoms with Crippen molar-refractivity contribution in [3.8, 4) is 0 Å². The van der Waals surface area contributed by atoms with Gasteiger partial charge in [0.2, 0.25) is 11.8 Å². The number of para-hydroxylation sites is 1. The molecule has 0 aromatic heterocycles. The summed E-state index contributed by atoms with van der Waals surface area (Å²) in [4.78, 5) is 52.4. The predicted molar refractivity (Wildman–Crippen MR) is 134 cm³/mol. The summed E-state index contributed by atoms with van der Waals surface area (Å²) in [6.07, 6.45) is 2.15. The number of nitrogens with zero attached hydrogens (tertiary/aromatic N) is 1. The minimum atomic E-state index is -0.708. The zero-order valence-electron chi connectivity index (χ0n) is 19.6. The minimum absolute atomic E-state index is 0.164. The van der Waals surface area contributed by atoms with Gasteiger partial charge < -0.3 is 10.1 Å². The van der Waals surface area contributed by atoms with E-state index in [0.29, 0.717) is 24.2 Å². The number of esters is 1. The van der Waals surface area contributed by atoms with Crippen molar-refractivity contribution in [3.05, 3.63) is 96.1 Å². The molecule has 0 radical (unpaired) electrons. The lowest BCUT2D eigenvalue weighted by atomic mass is 9.73. The lowest BCUT2D eigenvalue weighted by molar-refractivity contribution is -0.122. The Kier molecular flexibility index (Phi) is 6.62. The number of carbonyl (C=O) groups is 4. The van der Waals surface area contributed by atoms with Crippen LogP contribution in [0.3, 0.4) is 0 Å². The van der Waals surface area contributed by atoms with Crippen molar-refractivity contribution in [2.45, 2.75) is 25.2 Å². The third-order valence-corrected chi connectivity index (χ3v) is 6.93. The summed E-state index contributed by atoms with van der Waals surface area (Å²) in [5.41, 5.74) is 2.30. The molecule has 1 saturated carbocycles. The average molecular weight is 483 g/mol. The fraction of sp³-hybridized carbons (Fsp3) is 0.241. The molecule has 3 aromatic carbocycles. The number of fused-ring (bicyclic) bond motifs is 1. The number of nitrogens with one attached hydrogen (secondary N) is 1. The summed E-state index contributed by atoms with van der Waals surface area (Å²) in [6.45, 7) is -0.454. The SMILES string of the molecule is O=C(COC(=O)c1cccc(N2C(=O)[C@H]3C[C@H](c4ccccc4)CC[C@H]3C2=O)c1)Nc1ccccc1. The number of rotatable bonds is 6. The first kappa shape index (κ1) is 23.5. The van der Waals surface area contributed by atoms with Crippen LogP contribution in [0.25, 0.3) is 0 Å². The minimum Gasteiger partial charge on any atom is -0.452 e. The van der Waals surface area contributed by atoms with Crippen LogP contribution in [-0.2, 0) is 19.1 Å². The number of benzene rings is 3. The van der Waals surface area contributed by atoms with E-state index in [1.165, 1.54) is 22.6 Å². The fourth-order valence-electron chi connectivity index (χ4n) is 5.17. The van der Waals surface area contributed by atoms with Gasteiger partial charge in [-0.15, -0.1) is 0 Å². The first-order valence-electron chi connectivity index (χ1n) is 12.1. The molecule has 7 heteroatoms. The number of anilines is 2. The van der Waals surface area contributed by atoms with Gasteiger partial charge in [0, 0.05) is 5.69 Å². The molecule has 1 heterocycles. The molecule has 5 rings (SSSR count). The van der Waals surface area contributed by atoms with Crippen LogP contribution in [0, 0.1) is 11.8 Å². The van der Waals surface area contributed by atoms with Gasteiger partial charge >= 0.3 is 5.97 Å². The van der Waals surface area contributed by atoms with E-state index >= 15 is 0 Å². The van der Waals surface area contributed by atoms with Gasteiger partial charge in [-0.05, 0) is 61.1 Å². The van der Waals surface area contributed by atoms with Gasteiger partial charge in [0.05, 0.1) is 23.1 Å².